The maximum absolute atomic E-state index is 12.8. The summed E-state index contributed by atoms with van der Waals surface area (Å²) in [4.78, 5) is 40.2. The van der Waals surface area contributed by atoms with Crippen molar-refractivity contribution in [3.05, 3.63) is 0 Å². The molecule has 0 bridgehead atoms. The van der Waals surface area contributed by atoms with Gasteiger partial charge in [-0.1, -0.05) is 20.8 Å². The van der Waals surface area contributed by atoms with E-state index in [9.17, 15) is 14.4 Å². The molecule has 1 aliphatic rings. The van der Waals surface area contributed by atoms with Crippen LogP contribution in [-0.2, 0) is 9.59 Å². The van der Waals surface area contributed by atoms with E-state index >= 15 is 0 Å². The average molecular weight is 351 g/mol. The second-order valence-corrected chi connectivity index (χ2v) is 6.70. The first-order chi connectivity index (χ1) is 10.4. The molecule has 0 aromatic heterocycles. The highest BCUT2D eigenvalue weighted by Crippen LogP contribution is 2.38. The molecule has 0 spiro atoms. The summed E-state index contributed by atoms with van der Waals surface area (Å²) in [6.45, 7) is 6.10. The van der Waals surface area contributed by atoms with Crippen LogP contribution < -0.4 is 0 Å². The minimum absolute atomic E-state index is 0.106. The van der Waals surface area contributed by atoms with Crippen LogP contribution in [0.3, 0.4) is 0 Å². The van der Waals surface area contributed by atoms with E-state index in [1.165, 1.54) is 0 Å². The van der Waals surface area contributed by atoms with Crippen molar-refractivity contribution in [3.8, 4) is 0 Å². The summed E-state index contributed by atoms with van der Waals surface area (Å²) >= 11 is 11.4. The first-order valence-corrected chi connectivity index (χ1v) is 8.72. The lowest BCUT2D eigenvalue weighted by atomic mass is 9.75. The zero-order chi connectivity index (χ0) is 16.9. The molecule has 1 saturated heterocycles. The number of nitrogens with zero attached hydrogens (tertiary/aromatic N) is 2. The highest BCUT2D eigenvalue weighted by molar-refractivity contribution is 6.22. The standard InChI is InChI=1S/C15H24Cl2N2O3/c1-4-15(6-5-11(2)3)12(20)18(9-7-16)14(22)19(10-8-17)13(15)21/h11H,4-10H2,1-3H3. The Morgan fingerprint density at radius 3 is 1.77 bits per heavy atom. The van der Waals surface area contributed by atoms with Gasteiger partial charge in [0.05, 0.1) is 0 Å². The third kappa shape index (κ3) is 3.57. The summed E-state index contributed by atoms with van der Waals surface area (Å²) in [5, 5.41) is 0. The van der Waals surface area contributed by atoms with Crippen LogP contribution in [0.25, 0.3) is 0 Å². The lowest BCUT2D eigenvalue weighted by Crippen LogP contribution is -2.65. The minimum Gasteiger partial charge on any atom is -0.273 e. The highest BCUT2D eigenvalue weighted by Gasteiger charge is 2.55. The van der Waals surface area contributed by atoms with Gasteiger partial charge in [0.25, 0.3) is 0 Å². The van der Waals surface area contributed by atoms with E-state index in [0.29, 0.717) is 18.8 Å². The van der Waals surface area contributed by atoms with E-state index in [2.05, 4.69) is 0 Å². The van der Waals surface area contributed by atoms with E-state index in [0.717, 1.165) is 16.2 Å². The molecule has 0 N–H and O–H groups in total. The van der Waals surface area contributed by atoms with Crippen LogP contribution in [0.4, 0.5) is 4.79 Å². The highest BCUT2D eigenvalue weighted by atomic mass is 35.5. The summed E-state index contributed by atoms with van der Waals surface area (Å²) < 4.78 is 0. The maximum Gasteiger partial charge on any atom is 0.333 e. The molecule has 1 fully saturated rings. The second kappa shape index (κ2) is 8.16. The fraction of sp³-hybridized carbons (Fsp3) is 0.800. The van der Waals surface area contributed by atoms with Gasteiger partial charge in [-0.25, -0.2) is 4.79 Å². The number of urea groups is 1. The lowest BCUT2D eigenvalue weighted by molar-refractivity contribution is -0.159. The smallest absolute Gasteiger partial charge is 0.273 e. The van der Waals surface area contributed by atoms with Crippen LogP contribution in [0.5, 0.6) is 0 Å². The number of carbonyl (C=O) groups is 3. The van der Waals surface area contributed by atoms with Crippen molar-refractivity contribution >= 4 is 41.0 Å². The average Bonchev–Trinajstić information content (AvgIpc) is 2.48. The van der Waals surface area contributed by atoms with Gasteiger partial charge in [-0.15, -0.1) is 23.2 Å². The molecule has 5 nitrogen and oxygen atoms in total. The molecule has 1 rings (SSSR count). The maximum atomic E-state index is 12.8. The van der Waals surface area contributed by atoms with Crippen molar-refractivity contribution in [1.29, 1.82) is 0 Å². The number of hydrogen-bond donors (Lipinski definition) is 0. The fourth-order valence-electron chi connectivity index (χ4n) is 2.72. The van der Waals surface area contributed by atoms with Crippen LogP contribution in [0.15, 0.2) is 0 Å². The number of hydrogen-bond acceptors (Lipinski definition) is 3. The zero-order valence-corrected chi connectivity index (χ0v) is 14.9. The summed E-state index contributed by atoms with van der Waals surface area (Å²) in [7, 11) is 0. The van der Waals surface area contributed by atoms with Crippen LogP contribution in [0, 0.1) is 11.3 Å². The fourth-order valence-corrected chi connectivity index (χ4v) is 3.06. The number of rotatable bonds is 8. The number of amides is 4. The largest absolute Gasteiger partial charge is 0.333 e. The molecular weight excluding hydrogens is 327 g/mol. The summed E-state index contributed by atoms with van der Waals surface area (Å²) in [6, 6.07) is -0.607. The normalized spacial score (nSPS) is 18.5. The molecule has 0 saturated carbocycles. The SMILES string of the molecule is CCC1(CCC(C)C)C(=O)N(CCCl)C(=O)N(CCCl)C1=O. The Kier molecular flexibility index (Phi) is 7.13. The third-order valence-corrected chi connectivity index (χ3v) is 4.48. The van der Waals surface area contributed by atoms with Crippen molar-refractivity contribution in [1.82, 2.24) is 9.80 Å². The summed E-state index contributed by atoms with van der Waals surface area (Å²) in [5.41, 5.74) is -1.17. The molecule has 0 aliphatic carbocycles. The Balaban J connectivity index is 3.22. The predicted octanol–water partition coefficient (Wildman–Crippen LogP) is 3.09. The van der Waals surface area contributed by atoms with Crippen LogP contribution in [0.1, 0.15) is 40.0 Å². The Morgan fingerprint density at radius 2 is 1.45 bits per heavy atom. The molecule has 4 amide bonds. The van der Waals surface area contributed by atoms with E-state index in [1.54, 1.807) is 0 Å². The van der Waals surface area contributed by atoms with Crippen LogP contribution in [-0.4, -0.2) is 52.5 Å². The molecule has 1 aliphatic heterocycles. The molecule has 0 radical (unpaired) electrons. The quantitative estimate of drug-likeness (QED) is 0.499. The third-order valence-electron chi connectivity index (χ3n) is 4.14. The number of halogens is 2. The van der Waals surface area contributed by atoms with E-state index < -0.39 is 23.3 Å². The van der Waals surface area contributed by atoms with Gasteiger partial charge in [-0.3, -0.25) is 19.4 Å². The van der Waals surface area contributed by atoms with Gasteiger partial charge in [0.2, 0.25) is 11.8 Å². The van der Waals surface area contributed by atoms with E-state index in [-0.39, 0.29) is 24.8 Å². The van der Waals surface area contributed by atoms with Gasteiger partial charge >= 0.3 is 6.03 Å². The van der Waals surface area contributed by atoms with Gasteiger partial charge in [0.15, 0.2) is 0 Å². The minimum atomic E-state index is -1.17. The summed E-state index contributed by atoms with van der Waals surface area (Å²) in [5.74, 6) is -0.187. The summed E-state index contributed by atoms with van der Waals surface area (Å²) in [6.07, 6.45) is 1.54. The Labute approximate surface area is 141 Å². The Hall–Kier alpha value is -0.810. The first-order valence-electron chi connectivity index (χ1n) is 7.65. The van der Waals surface area contributed by atoms with Crippen molar-refractivity contribution in [3.63, 3.8) is 0 Å². The van der Waals surface area contributed by atoms with Gasteiger partial charge in [-0.05, 0) is 25.2 Å². The van der Waals surface area contributed by atoms with Gasteiger partial charge < -0.3 is 0 Å². The van der Waals surface area contributed by atoms with E-state index in [4.69, 9.17) is 23.2 Å². The number of alkyl halides is 2. The van der Waals surface area contributed by atoms with E-state index in [1.807, 2.05) is 20.8 Å². The molecular formula is C15H24Cl2N2O3. The van der Waals surface area contributed by atoms with Crippen molar-refractivity contribution in [2.45, 2.75) is 40.0 Å². The number of barbiturate groups is 1. The Morgan fingerprint density at radius 1 is 1.00 bits per heavy atom. The molecule has 22 heavy (non-hydrogen) atoms. The van der Waals surface area contributed by atoms with Gasteiger partial charge in [0.1, 0.15) is 5.41 Å². The molecule has 0 unspecified atom stereocenters. The van der Waals surface area contributed by atoms with Crippen molar-refractivity contribution in [2.24, 2.45) is 11.3 Å². The molecule has 1 heterocycles. The molecule has 126 valence electrons. The lowest BCUT2D eigenvalue weighted by Gasteiger charge is -2.43. The van der Waals surface area contributed by atoms with Gasteiger partial charge in [-0.2, -0.15) is 0 Å². The monoisotopic (exact) mass is 350 g/mol. The number of imide groups is 2. The predicted molar refractivity (Wildman–Crippen MR) is 87.1 cm³/mol. The topological polar surface area (TPSA) is 57.7 Å². The van der Waals surface area contributed by atoms with Crippen molar-refractivity contribution < 1.29 is 14.4 Å². The van der Waals surface area contributed by atoms with Crippen molar-refractivity contribution in [2.75, 3.05) is 24.8 Å². The molecule has 0 aromatic carbocycles. The second-order valence-electron chi connectivity index (χ2n) is 5.94. The molecule has 0 aromatic rings. The molecule has 7 heteroatoms. The van der Waals surface area contributed by atoms with Gasteiger partial charge in [0, 0.05) is 24.8 Å². The van der Waals surface area contributed by atoms with Crippen LogP contribution in [0.2, 0.25) is 0 Å². The Bertz CT molecular complexity index is 413. The van der Waals surface area contributed by atoms with Crippen LogP contribution >= 0.6 is 23.2 Å². The zero-order valence-electron chi connectivity index (χ0n) is 13.4. The first kappa shape index (κ1) is 19.2. The molecule has 0 atom stereocenters. The number of carbonyl (C=O) groups excluding carboxylic acids is 3.